The van der Waals surface area contributed by atoms with Crippen LogP contribution < -0.4 is 0 Å². The second kappa shape index (κ2) is 7.57. The van der Waals surface area contributed by atoms with Crippen LogP contribution in [0, 0.1) is 6.92 Å². The first kappa shape index (κ1) is 18.6. The summed E-state index contributed by atoms with van der Waals surface area (Å²) in [6, 6.07) is 15.3. The number of rotatable bonds is 7. The molecule has 1 atom stereocenters. The molecule has 0 spiro atoms. The average molecular weight is 389 g/mol. The summed E-state index contributed by atoms with van der Waals surface area (Å²) in [4.78, 5) is 12.2. The number of hydroxylamine groups is 2. The second-order valence-electron chi connectivity index (χ2n) is 6.20. The molecule has 0 bridgehead atoms. The minimum atomic E-state index is -3.56. The molecule has 1 aromatic heterocycles. The van der Waals surface area contributed by atoms with Crippen LogP contribution in [-0.4, -0.2) is 30.9 Å². The number of benzene rings is 2. The van der Waals surface area contributed by atoms with Gasteiger partial charge in [0.2, 0.25) is 6.41 Å². The van der Waals surface area contributed by atoms with Gasteiger partial charge in [0.25, 0.3) is 0 Å². The lowest BCUT2D eigenvalue weighted by molar-refractivity contribution is -0.158. The molecule has 0 saturated heterocycles. The fourth-order valence-corrected chi connectivity index (χ4v) is 5.48. The summed E-state index contributed by atoms with van der Waals surface area (Å²) < 4.78 is 26.5. The van der Waals surface area contributed by atoms with Gasteiger partial charge in [-0.15, -0.1) is 11.3 Å². The summed E-state index contributed by atoms with van der Waals surface area (Å²) in [6.45, 7) is 2.01. The van der Waals surface area contributed by atoms with Gasteiger partial charge in [-0.1, -0.05) is 36.4 Å². The first-order valence-electron chi connectivity index (χ1n) is 8.05. The van der Waals surface area contributed by atoms with Crippen molar-refractivity contribution in [3.8, 4) is 0 Å². The molecule has 1 heterocycles. The van der Waals surface area contributed by atoms with E-state index in [4.69, 9.17) is 0 Å². The summed E-state index contributed by atoms with van der Waals surface area (Å²) in [5, 5.41) is 11.3. The van der Waals surface area contributed by atoms with Crippen molar-refractivity contribution in [3.05, 3.63) is 70.6 Å². The summed E-state index contributed by atoms with van der Waals surface area (Å²) in [6.07, 6.45) is 0.230. The molecule has 0 radical (unpaired) electrons. The summed E-state index contributed by atoms with van der Waals surface area (Å²) in [7, 11) is -3.56. The van der Waals surface area contributed by atoms with Crippen LogP contribution in [0.1, 0.15) is 22.0 Å². The molecule has 5 nitrogen and oxygen atoms in total. The number of hydrogen-bond acceptors (Lipinski definition) is 5. The molecule has 0 aliphatic carbocycles. The molecule has 2 aromatic carbocycles. The smallest absolute Gasteiger partial charge is 0.233 e. The summed E-state index contributed by atoms with van der Waals surface area (Å²) in [5.41, 5.74) is 1.26. The first-order chi connectivity index (χ1) is 12.4. The predicted molar refractivity (Wildman–Crippen MR) is 103 cm³/mol. The summed E-state index contributed by atoms with van der Waals surface area (Å²) >= 11 is 1.67. The van der Waals surface area contributed by atoms with Crippen molar-refractivity contribution in [1.82, 2.24) is 5.06 Å². The average Bonchev–Trinajstić information content (AvgIpc) is 2.98. The quantitative estimate of drug-likeness (QED) is 0.380. The SMILES string of the molecule is Cc1cc2cc(CS(=O)(=O)C[C@H](c3ccccc3)N(O)C=O)ccc2s1. The van der Waals surface area contributed by atoms with Crippen molar-refractivity contribution in [3.63, 3.8) is 0 Å². The third-order valence-electron chi connectivity index (χ3n) is 4.11. The van der Waals surface area contributed by atoms with E-state index >= 15 is 0 Å². The zero-order valence-corrected chi connectivity index (χ0v) is 15.8. The lowest BCUT2D eigenvalue weighted by atomic mass is 10.1. The van der Waals surface area contributed by atoms with Crippen LogP contribution in [0.4, 0.5) is 0 Å². The Balaban J connectivity index is 1.84. The molecule has 7 heteroatoms. The highest BCUT2D eigenvalue weighted by molar-refractivity contribution is 7.90. The minimum absolute atomic E-state index is 0.145. The van der Waals surface area contributed by atoms with E-state index in [-0.39, 0.29) is 17.9 Å². The predicted octanol–water partition coefficient (Wildman–Crippen LogP) is 3.71. The molecule has 0 fully saturated rings. The Morgan fingerprint density at radius 1 is 1.15 bits per heavy atom. The van der Waals surface area contributed by atoms with Gasteiger partial charge in [0.05, 0.1) is 17.5 Å². The molecule has 0 unspecified atom stereocenters. The Morgan fingerprint density at radius 2 is 1.88 bits per heavy atom. The third-order valence-corrected chi connectivity index (χ3v) is 6.74. The van der Waals surface area contributed by atoms with E-state index in [9.17, 15) is 18.4 Å². The van der Waals surface area contributed by atoms with Gasteiger partial charge in [-0.2, -0.15) is 0 Å². The Morgan fingerprint density at radius 3 is 2.58 bits per heavy atom. The van der Waals surface area contributed by atoms with Crippen molar-refractivity contribution in [2.45, 2.75) is 18.7 Å². The molecule has 26 heavy (non-hydrogen) atoms. The molecule has 3 rings (SSSR count). The van der Waals surface area contributed by atoms with E-state index < -0.39 is 15.9 Å². The second-order valence-corrected chi connectivity index (χ2v) is 9.59. The van der Waals surface area contributed by atoms with Gasteiger partial charge < -0.3 is 0 Å². The Labute approximate surface area is 156 Å². The Hall–Kier alpha value is -2.22. The highest BCUT2D eigenvalue weighted by Gasteiger charge is 2.25. The van der Waals surface area contributed by atoms with Crippen LogP contribution in [0.2, 0.25) is 0 Å². The number of aryl methyl sites for hydroxylation is 1. The van der Waals surface area contributed by atoms with Crippen LogP contribution >= 0.6 is 11.3 Å². The lowest BCUT2D eigenvalue weighted by Gasteiger charge is -2.22. The van der Waals surface area contributed by atoms with Crippen LogP contribution in [0.15, 0.2) is 54.6 Å². The minimum Gasteiger partial charge on any atom is -0.285 e. The molecule has 1 amide bonds. The maximum Gasteiger partial charge on any atom is 0.233 e. The van der Waals surface area contributed by atoms with Crippen molar-refractivity contribution >= 4 is 37.7 Å². The Kier molecular flexibility index (Phi) is 5.41. The van der Waals surface area contributed by atoms with Gasteiger partial charge in [-0.3, -0.25) is 10.0 Å². The highest BCUT2D eigenvalue weighted by Crippen LogP contribution is 2.27. The monoisotopic (exact) mass is 389 g/mol. The van der Waals surface area contributed by atoms with Gasteiger partial charge in [0, 0.05) is 9.58 Å². The number of hydrogen-bond donors (Lipinski definition) is 1. The van der Waals surface area contributed by atoms with Gasteiger partial charge in [0.15, 0.2) is 9.84 Å². The molecular formula is C19H19NO4S2. The largest absolute Gasteiger partial charge is 0.285 e. The fraction of sp³-hybridized carbons (Fsp3) is 0.211. The van der Waals surface area contributed by atoms with E-state index in [1.54, 1.807) is 41.7 Å². The van der Waals surface area contributed by atoms with Crippen LogP contribution in [0.3, 0.4) is 0 Å². The third kappa shape index (κ3) is 4.30. The Bertz CT molecular complexity index is 1010. The number of carbonyl (C=O) groups excluding carboxylic acids is 1. The van der Waals surface area contributed by atoms with Crippen molar-refractivity contribution in [1.29, 1.82) is 0 Å². The topological polar surface area (TPSA) is 74.7 Å². The van der Waals surface area contributed by atoms with Gasteiger partial charge in [-0.25, -0.2) is 13.5 Å². The van der Waals surface area contributed by atoms with E-state index in [0.29, 0.717) is 16.2 Å². The number of fused-ring (bicyclic) bond motifs is 1. The van der Waals surface area contributed by atoms with Crippen molar-refractivity contribution in [2.75, 3.05) is 5.75 Å². The molecule has 0 aliphatic rings. The maximum atomic E-state index is 12.7. The number of nitrogens with zero attached hydrogens (tertiary/aromatic N) is 1. The first-order valence-corrected chi connectivity index (χ1v) is 10.7. The number of thiophene rings is 1. The van der Waals surface area contributed by atoms with Crippen LogP contribution in [0.25, 0.3) is 10.1 Å². The molecule has 3 aromatic rings. The molecule has 136 valence electrons. The molecule has 0 aliphatic heterocycles. The van der Waals surface area contributed by atoms with Gasteiger partial charge in [0.1, 0.15) is 0 Å². The summed E-state index contributed by atoms with van der Waals surface area (Å²) in [5.74, 6) is -0.499. The van der Waals surface area contributed by atoms with E-state index in [0.717, 1.165) is 10.1 Å². The number of sulfone groups is 1. The highest BCUT2D eigenvalue weighted by atomic mass is 32.2. The maximum absolute atomic E-state index is 12.7. The number of amides is 1. The fourth-order valence-electron chi connectivity index (χ4n) is 2.94. The van der Waals surface area contributed by atoms with Crippen molar-refractivity contribution in [2.24, 2.45) is 0 Å². The standard InChI is InChI=1S/C19H19NO4S2/c1-14-9-17-10-15(7-8-19(17)25-14)11-26(23,24)12-18(20(22)13-21)16-5-3-2-4-6-16/h2-10,13,18,22H,11-12H2,1H3/t18-/m1/s1. The zero-order valence-electron chi connectivity index (χ0n) is 14.2. The van der Waals surface area contributed by atoms with Crippen LogP contribution in [-0.2, 0) is 20.4 Å². The molecule has 1 N–H and O–H groups in total. The molecular weight excluding hydrogens is 370 g/mol. The van der Waals surface area contributed by atoms with Gasteiger partial charge >= 0.3 is 0 Å². The normalized spacial score (nSPS) is 12.8. The van der Waals surface area contributed by atoms with E-state index in [1.165, 1.54) is 4.88 Å². The van der Waals surface area contributed by atoms with Crippen molar-refractivity contribution < 1.29 is 18.4 Å². The molecule has 0 saturated carbocycles. The number of carbonyl (C=O) groups is 1. The van der Waals surface area contributed by atoms with Gasteiger partial charge in [-0.05, 0) is 41.6 Å². The van der Waals surface area contributed by atoms with E-state index in [2.05, 4.69) is 0 Å². The lowest BCUT2D eigenvalue weighted by Crippen LogP contribution is -2.30. The van der Waals surface area contributed by atoms with Crippen LogP contribution in [0.5, 0.6) is 0 Å². The zero-order chi connectivity index (χ0) is 18.7. The van der Waals surface area contributed by atoms with E-state index in [1.807, 2.05) is 31.2 Å².